The largest absolute Gasteiger partial charge is 0.489 e. The molecular formula is C22H26N2O. The van der Waals surface area contributed by atoms with Crippen molar-refractivity contribution in [3.05, 3.63) is 65.7 Å². The van der Waals surface area contributed by atoms with Crippen LogP contribution in [0.1, 0.15) is 37.8 Å². The first-order chi connectivity index (χ1) is 12.0. The van der Waals surface area contributed by atoms with Gasteiger partial charge in [-0.2, -0.15) is 5.26 Å². The van der Waals surface area contributed by atoms with Gasteiger partial charge < -0.3 is 4.74 Å². The van der Waals surface area contributed by atoms with Crippen molar-refractivity contribution in [1.29, 1.82) is 5.26 Å². The van der Waals surface area contributed by atoms with Gasteiger partial charge in [-0.05, 0) is 38.0 Å². The van der Waals surface area contributed by atoms with Gasteiger partial charge in [0.1, 0.15) is 12.4 Å². The maximum Gasteiger partial charge on any atom is 0.123 e. The number of para-hydroxylation sites is 1. The Kier molecular flexibility index (Phi) is 5.11. The number of benzene rings is 2. The van der Waals surface area contributed by atoms with Gasteiger partial charge in [-0.15, -0.1) is 0 Å². The van der Waals surface area contributed by atoms with Crippen molar-refractivity contribution < 1.29 is 4.74 Å². The number of rotatable bonds is 4. The first kappa shape index (κ1) is 17.5. The van der Waals surface area contributed by atoms with Gasteiger partial charge in [0.15, 0.2) is 0 Å². The molecule has 0 aliphatic carbocycles. The minimum absolute atomic E-state index is 0.000648. The molecule has 0 bridgehead atoms. The van der Waals surface area contributed by atoms with E-state index < -0.39 is 0 Å². The molecule has 2 aromatic rings. The van der Waals surface area contributed by atoms with Crippen LogP contribution in [-0.2, 0) is 6.61 Å². The zero-order valence-electron chi connectivity index (χ0n) is 15.3. The molecule has 0 saturated carbocycles. The van der Waals surface area contributed by atoms with Gasteiger partial charge in [0, 0.05) is 24.5 Å². The van der Waals surface area contributed by atoms with Gasteiger partial charge in [0.2, 0.25) is 0 Å². The lowest BCUT2D eigenvalue weighted by Crippen LogP contribution is -2.39. The third kappa shape index (κ3) is 4.03. The molecule has 3 heteroatoms. The van der Waals surface area contributed by atoms with Crippen LogP contribution in [0.25, 0.3) is 0 Å². The topological polar surface area (TPSA) is 36.3 Å². The molecule has 1 aliphatic rings. The van der Waals surface area contributed by atoms with Gasteiger partial charge >= 0.3 is 0 Å². The zero-order valence-corrected chi connectivity index (χ0v) is 15.3. The minimum Gasteiger partial charge on any atom is -0.489 e. The molecule has 0 unspecified atom stereocenters. The highest BCUT2D eigenvalue weighted by Crippen LogP contribution is 2.39. The van der Waals surface area contributed by atoms with Crippen molar-refractivity contribution in [3.8, 4) is 11.8 Å². The molecule has 1 saturated heterocycles. The van der Waals surface area contributed by atoms with Gasteiger partial charge in [0.05, 0.1) is 12.0 Å². The lowest BCUT2D eigenvalue weighted by Gasteiger charge is -2.31. The highest BCUT2D eigenvalue weighted by Gasteiger charge is 2.39. The third-order valence-electron chi connectivity index (χ3n) is 4.99. The van der Waals surface area contributed by atoms with Crippen molar-refractivity contribution >= 4 is 0 Å². The van der Waals surface area contributed by atoms with E-state index in [-0.39, 0.29) is 17.4 Å². The lowest BCUT2D eigenvalue weighted by atomic mass is 9.89. The van der Waals surface area contributed by atoms with E-state index in [0.29, 0.717) is 6.61 Å². The van der Waals surface area contributed by atoms with Crippen LogP contribution in [0.3, 0.4) is 0 Å². The van der Waals surface area contributed by atoms with E-state index >= 15 is 0 Å². The van der Waals surface area contributed by atoms with E-state index in [1.807, 2.05) is 36.4 Å². The summed E-state index contributed by atoms with van der Waals surface area (Å²) in [5, 5.41) is 9.66. The Labute approximate surface area is 150 Å². The number of hydrogen-bond donors (Lipinski definition) is 0. The Morgan fingerprint density at radius 2 is 1.72 bits per heavy atom. The number of nitrogens with zero attached hydrogens (tertiary/aromatic N) is 2. The van der Waals surface area contributed by atoms with Crippen LogP contribution in [-0.4, -0.2) is 23.5 Å². The van der Waals surface area contributed by atoms with Gasteiger partial charge in [-0.25, -0.2) is 0 Å². The molecule has 1 heterocycles. The van der Waals surface area contributed by atoms with E-state index in [2.05, 4.69) is 49.9 Å². The minimum atomic E-state index is 0.000648. The Morgan fingerprint density at radius 3 is 2.40 bits per heavy atom. The fourth-order valence-electron chi connectivity index (χ4n) is 3.45. The maximum absolute atomic E-state index is 9.66. The molecule has 0 spiro atoms. The van der Waals surface area contributed by atoms with Gasteiger partial charge in [-0.1, -0.05) is 48.5 Å². The van der Waals surface area contributed by atoms with E-state index in [1.165, 1.54) is 0 Å². The Balaban J connectivity index is 1.81. The summed E-state index contributed by atoms with van der Waals surface area (Å²) in [7, 11) is 0. The van der Waals surface area contributed by atoms with Crippen molar-refractivity contribution in [2.45, 2.75) is 38.8 Å². The fourth-order valence-corrected chi connectivity index (χ4v) is 3.45. The molecule has 2 atom stereocenters. The molecule has 0 N–H and O–H groups in total. The summed E-state index contributed by atoms with van der Waals surface area (Å²) in [5.74, 6) is 1.09. The van der Waals surface area contributed by atoms with Crippen LogP contribution in [0.2, 0.25) is 0 Å². The van der Waals surface area contributed by atoms with E-state index in [9.17, 15) is 5.26 Å². The van der Waals surface area contributed by atoms with E-state index in [4.69, 9.17) is 4.74 Å². The van der Waals surface area contributed by atoms with Crippen LogP contribution < -0.4 is 4.74 Å². The summed E-state index contributed by atoms with van der Waals surface area (Å²) in [6, 6.07) is 20.9. The standard InChI is InChI=1S/C22H26N2O/c1-22(2,3)24-14-18(13-23)20(15-24)19-11-7-8-12-21(19)25-16-17-9-5-4-6-10-17/h4-12,18,20H,14-16H2,1-3H3/t18-,20-/m1/s1. The second-order valence-corrected chi connectivity index (χ2v) is 7.73. The quantitative estimate of drug-likeness (QED) is 0.819. The molecule has 0 amide bonds. The molecule has 25 heavy (non-hydrogen) atoms. The summed E-state index contributed by atoms with van der Waals surface area (Å²) in [6.07, 6.45) is 0. The summed E-state index contributed by atoms with van der Waals surface area (Å²) in [6.45, 7) is 8.89. The number of likely N-dealkylation sites (tertiary alicyclic amines) is 1. The molecule has 130 valence electrons. The third-order valence-corrected chi connectivity index (χ3v) is 4.99. The summed E-state index contributed by atoms with van der Waals surface area (Å²) < 4.78 is 6.12. The van der Waals surface area contributed by atoms with Crippen molar-refractivity contribution in [2.75, 3.05) is 13.1 Å². The molecule has 0 radical (unpaired) electrons. The maximum atomic E-state index is 9.66. The van der Waals surface area contributed by atoms with Crippen LogP contribution in [0.5, 0.6) is 5.75 Å². The van der Waals surface area contributed by atoms with Crippen molar-refractivity contribution in [2.24, 2.45) is 5.92 Å². The van der Waals surface area contributed by atoms with Crippen LogP contribution in [0, 0.1) is 17.2 Å². The Hall–Kier alpha value is -2.31. The number of ether oxygens (including phenoxy) is 1. The lowest BCUT2D eigenvalue weighted by molar-refractivity contribution is 0.170. The smallest absolute Gasteiger partial charge is 0.123 e. The SMILES string of the molecule is CC(C)(C)N1C[C@@H](C#N)[C@H](c2ccccc2OCc2ccccc2)C1. The average molecular weight is 334 g/mol. The van der Waals surface area contributed by atoms with Crippen molar-refractivity contribution in [3.63, 3.8) is 0 Å². The Morgan fingerprint density at radius 1 is 1.04 bits per heavy atom. The van der Waals surface area contributed by atoms with Gasteiger partial charge in [-0.3, -0.25) is 4.90 Å². The van der Waals surface area contributed by atoms with Gasteiger partial charge in [0.25, 0.3) is 0 Å². The number of nitriles is 1. The Bertz CT molecular complexity index is 743. The number of hydrogen-bond acceptors (Lipinski definition) is 3. The first-order valence-corrected chi connectivity index (χ1v) is 8.89. The zero-order chi connectivity index (χ0) is 17.9. The van der Waals surface area contributed by atoms with Crippen LogP contribution in [0.15, 0.2) is 54.6 Å². The normalized spacial score (nSPS) is 21.0. The fraction of sp³-hybridized carbons (Fsp3) is 0.409. The molecule has 1 aliphatic heterocycles. The van der Waals surface area contributed by atoms with E-state index in [1.54, 1.807) is 0 Å². The molecule has 0 aromatic heterocycles. The average Bonchev–Trinajstić information content (AvgIpc) is 3.06. The molecule has 3 rings (SSSR count). The highest BCUT2D eigenvalue weighted by molar-refractivity contribution is 5.39. The highest BCUT2D eigenvalue weighted by atomic mass is 16.5. The molecule has 2 aromatic carbocycles. The second-order valence-electron chi connectivity index (χ2n) is 7.73. The van der Waals surface area contributed by atoms with E-state index in [0.717, 1.165) is 30.0 Å². The monoisotopic (exact) mass is 334 g/mol. The molecule has 3 nitrogen and oxygen atoms in total. The first-order valence-electron chi connectivity index (χ1n) is 8.89. The molecule has 1 fully saturated rings. The second kappa shape index (κ2) is 7.29. The van der Waals surface area contributed by atoms with Crippen LogP contribution >= 0.6 is 0 Å². The summed E-state index contributed by atoms with van der Waals surface area (Å²) >= 11 is 0. The predicted molar refractivity (Wildman–Crippen MR) is 100 cm³/mol. The molecular weight excluding hydrogens is 308 g/mol. The predicted octanol–water partition coefficient (Wildman–Crippen LogP) is 4.60. The summed E-state index contributed by atoms with van der Waals surface area (Å²) in [4.78, 5) is 2.40. The van der Waals surface area contributed by atoms with Crippen LogP contribution in [0.4, 0.5) is 0 Å². The van der Waals surface area contributed by atoms with Crippen molar-refractivity contribution in [1.82, 2.24) is 4.90 Å². The summed E-state index contributed by atoms with van der Waals surface area (Å²) in [5.41, 5.74) is 2.37.